The van der Waals surface area contributed by atoms with Gasteiger partial charge < -0.3 is 33.9 Å². The normalized spacial score (nSPS) is 12.6. The van der Waals surface area contributed by atoms with Crippen LogP contribution in [0.1, 0.15) is 92.8 Å². The first-order valence-corrected chi connectivity index (χ1v) is 18.9. The highest BCUT2D eigenvalue weighted by molar-refractivity contribution is 5.89. The molecule has 1 aliphatic heterocycles. The molecular formula is C42H57N5O5. The molecule has 0 aromatic carbocycles. The van der Waals surface area contributed by atoms with E-state index in [0.29, 0.717) is 56.7 Å². The van der Waals surface area contributed by atoms with Crippen LogP contribution in [0.4, 0.5) is 0 Å². The van der Waals surface area contributed by atoms with Gasteiger partial charge in [-0.1, -0.05) is 45.4 Å². The van der Waals surface area contributed by atoms with E-state index >= 15 is 0 Å². The topological polar surface area (TPSA) is 127 Å². The summed E-state index contributed by atoms with van der Waals surface area (Å²) in [6, 6.07) is 12.7. The Bertz CT molecular complexity index is 2000. The van der Waals surface area contributed by atoms with Gasteiger partial charge in [0.15, 0.2) is 0 Å². The van der Waals surface area contributed by atoms with Crippen molar-refractivity contribution in [2.75, 3.05) is 54.9 Å². The minimum Gasteiger partial charge on any atom is -0.384 e. The van der Waals surface area contributed by atoms with Crippen molar-refractivity contribution < 1.29 is 23.7 Å². The zero-order valence-electron chi connectivity index (χ0n) is 31.8. The quantitative estimate of drug-likeness (QED) is 0.0793. The number of H-pyrrole nitrogens is 3. The van der Waals surface area contributed by atoms with E-state index in [2.05, 4.69) is 58.3 Å². The van der Waals surface area contributed by atoms with Gasteiger partial charge in [-0.05, 0) is 96.8 Å². The lowest BCUT2D eigenvalue weighted by molar-refractivity contribution is -0.118. The third-order valence-corrected chi connectivity index (χ3v) is 9.70. The van der Waals surface area contributed by atoms with Gasteiger partial charge in [0.2, 0.25) is 5.91 Å². The van der Waals surface area contributed by atoms with E-state index < -0.39 is 0 Å². The number of aromatic nitrogens is 4. The van der Waals surface area contributed by atoms with Gasteiger partial charge in [0.25, 0.3) is 0 Å². The molecule has 8 bridgehead atoms. The fraction of sp³-hybridized carbons (Fsp3) is 0.500. The summed E-state index contributed by atoms with van der Waals surface area (Å²) in [6.07, 6.45) is 13.3. The van der Waals surface area contributed by atoms with Crippen LogP contribution >= 0.6 is 0 Å². The zero-order chi connectivity index (χ0) is 36.7. The maximum Gasteiger partial charge on any atom is 0.246 e. The molecule has 280 valence electrons. The van der Waals surface area contributed by atoms with Crippen molar-refractivity contribution in [3.05, 3.63) is 69.8 Å². The Balaban J connectivity index is 1.77. The van der Waals surface area contributed by atoms with Crippen LogP contribution in [-0.2, 0) is 43.0 Å². The standard InChI is InChI=1S/C42H57N5O5/c1-6-7-8-9-10-11-12-13-41(48)46-40-28-35-31(18-22-51-4)26-37(45-35)36-24-29(16-20-49-2)33(43-36)14-15-34-30(17-21-50-3)25-38(44-34)39-27-32(19-23-52-5)42(40)47-39/h14-15,24-28,43-45H,6-13,16-23H2,1-5H3. The van der Waals surface area contributed by atoms with Crippen LogP contribution in [0.15, 0.2) is 41.4 Å². The summed E-state index contributed by atoms with van der Waals surface area (Å²) in [5.74, 6) is -0.132. The number of amides is 1. The summed E-state index contributed by atoms with van der Waals surface area (Å²) in [6.45, 7) is 4.50. The summed E-state index contributed by atoms with van der Waals surface area (Å²) < 4.78 is 22.0. The van der Waals surface area contributed by atoms with Crippen LogP contribution < -0.4 is 5.36 Å². The Kier molecular flexibility index (Phi) is 15.2. The SMILES string of the molecule is CCCCCCCCCC(=O)N=c1cc2[nH]c(cc2CCOC)c2cc(CCOC)c(ccc3[nH]c(cc3CCOC)c3nc1C(CCOC)=C3)[nH]2. The number of fused-ring (bicyclic) bond motifs is 10. The van der Waals surface area contributed by atoms with Crippen molar-refractivity contribution in [1.29, 1.82) is 0 Å². The minimum atomic E-state index is -0.132. The number of carbonyl (C=O) groups excluding carboxylic acids is 1. The zero-order valence-corrected chi connectivity index (χ0v) is 31.8. The second-order valence-corrected chi connectivity index (χ2v) is 13.6. The van der Waals surface area contributed by atoms with E-state index in [1.807, 2.05) is 6.07 Å². The van der Waals surface area contributed by atoms with Crippen LogP contribution in [0.25, 0.3) is 44.7 Å². The number of ether oxygens (including phenoxy) is 4. The second kappa shape index (κ2) is 20.2. The molecule has 0 aliphatic carbocycles. The van der Waals surface area contributed by atoms with E-state index in [4.69, 9.17) is 28.9 Å². The van der Waals surface area contributed by atoms with Gasteiger partial charge in [-0.3, -0.25) is 4.79 Å². The molecule has 52 heavy (non-hydrogen) atoms. The van der Waals surface area contributed by atoms with E-state index in [9.17, 15) is 4.79 Å². The Morgan fingerprint density at radius 1 is 0.615 bits per heavy atom. The largest absolute Gasteiger partial charge is 0.384 e. The molecule has 10 nitrogen and oxygen atoms in total. The van der Waals surface area contributed by atoms with Crippen LogP contribution in [-0.4, -0.2) is 80.7 Å². The fourth-order valence-electron chi connectivity index (χ4n) is 6.75. The van der Waals surface area contributed by atoms with Gasteiger partial charge in [-0.15, -0.1) is 0 Å². The lowest BCUT2D eigenvalue weighted by atomic mass is 10.1. The van der Waals surface area contributed by atoms with Gasteiger partial charge in [0.1, 0.15) is 0 Å². The smallest absolute Gasteiger partial charge is 0.246 e. The maximum atomic E-state index is 13.6. The molecule has 0 radical (unpaired) electrons. The van der Waals surface area contributed by atoms with Gasteiger partial charge in [0, 0.05) is 51.4 Å². The van der Waals surface area contributed by atoms with E-state index in [0.717, 1.165) is 93.2 Å². The molecule has 1 amide bonds. The molecule has 0 saturated carbocycles. The number of hydrogen-bond donors (Lipinski definition) is 3. The highest BCUT2D eigenvalue weighted by Gasteiger charge is 2.17. The molecule has 0 fully saturated rings. The second-order valence-electron chi connectivity index (χ2n) is 13.6. The Hall–Kier alpha value is -4.09. The number of methoxy groups -OCH3 is 4. The molecule has 4 aromatic heterocycles. The predicted molar refractivity (Wildman–Crippen MR) is 211 cm³/mol. The molecule has 0 spiro atoms. The van der Waals surface area contributed by atoms with Crippen LogP contribution in [0.2, 0.25) is 0 Å². The average Bonchev–Trinajstić information content (AvgIpc) is 3.94. The van der Waals surface area contributed by atoms with Crippen molar-refractivity contribution in [3.8, 4) is 0 Å². The number of carbonyl (C=O) groups is 1. The van der Waals surface area contributed by atoms with E-state index in [-0.39, 0.29) is 5.91 Å². The maximum absolute atomic E-state index is 13.6. The summed E-state index contributed by atoms with van der Waals surface area (Å²) in [7, 11) is 6.86. The lowest BCUT2D eigenvalue weighted by Crippen LogP contribution is -2.12. The molecule has 0 saturated heterocycles. The van der Waals surface area contributed by atoms with Crippen molar-refractivity contribution in [3.63, 3.8) is 0 Å². The van der Waals surface area contributed by atoms with E-state index in [1.165, 1.54) is 25.7 Å². The summed E-state index contributed by atoms with van der Waals surface area (Å²) in [5.41, 5.74) is 11.5. The number of rotatable bonds is 20. The fourth-order valence-corrected chi connectivity index (χ4v) is 6.75. The van der Waals surface area contributed by atoms with Crippen molar-refractivity contribution >= 4 is 50.7 Å². The molecular weight excluding hydrogens is 654 g/mol. The monoisotopic (exact) mass is 711 g/mol. The minimum absolute atomic E-state index is 0.132. The van der Waals surface area contributed by atoms with Crippen LogP contribution in [0, 0.1) is 0 Å². The first-order chi connectivity index (χ1) is 25.5. The molecule has 5 rings (SSSR count). The third kappa shape index (κ3) is 10.5. The Morgan fingerprint density at radius 3 is 1.71 bits per heavy atom. The van der Waals surface area contributed by atoms with Gasteiger partial charge in [0.05, 0.1) is 59.7 Å². The highest BCUT2D eigenvalue weighted by atomic mass is 16.5. The number of hydrogen-bond acceptors (Lipinski definition) is 6. The average molecular weight is 712 g/mol. The van der Waals surface area contributed by atoms with E-state index in [1.54, 1.807) is 28.4 Å². The Labute approximate surface area is 307 Å². The molecule has 1 aliphatic rings. The number of nitrogens with one attached hydrogen (secondary N) is 3. The summed E-state index contributed by atoms with van der Waals surface area (Å²) in [4.78, 5) is 34.6. The van der Waals surface area contributed by atoms with Gasteiger partial charge in [-0.25, -0.2) is 9.98 Å². The van der Waals surface area contributed by atoms with Gasteiger partial charge >= 0.3 is 0 Å². The van der Waals surface area contributed by atoms with Crippen molar-refractivity contribution in [2.45, 2.75) is 84.0 Å². The van der Waals surface area contributed by atoms with Crippen LogP contribution in [0.3, 0.4) is 0 Å². The van der Waals surface area contributed by atoms with Crippen molar-refractivity contribution in [2.24, 2.45) is 4.99 Å². The molecule has 0 unspecified atom stereocenters. The molecule has 3 N–H and O–H groups in total. The Morgan fingerprint density at radius 2 is 1.12 bits per heavy atom. The first-order valence-electron chi connectivity index (χ1n) is 18.9. The van der Waals surface area contributed by atoms with Crippen molar-refractivity contribution in [1.82, 2.24) is 19.9 Å². The summed E-state index contributed by atoms with van der Waals surface area (Å²) >= 11 is 0. The third-order valence-electron chi connectivity index (χ3n) is 9.70. The highest BCUT2D eigenvalue weighted by Crippen LogP contribution is 2.27. The lowest BCUT2D eigenvalue weighted by Gasteiger charge is -2.02. The summed E-state index contributed by atoms with van der Waals surface area (Å²) in [5, 5.41) is 0.545. The molecule has 5 heterocycles. The number of nitrogens with zero attached hydrogens (tertiary/aromatic N) is 2. The number of aromatic amines is 3. The van der Waals surface area contributed by atoms with Crippen LogP contribution in [0.5, 0.6) is 0 Å². The molecule has 0 atom stereocenters. The molecule has 10 heteroatoms. The number of unbranched alkanes of at least 4 members (excludes halogenated alkanes) is 6. The van der Waals surface area contributed by atoms with Gasteiger partial charge in [-0.2, -0.15) is 0 Å². The first kappa shape index (κ1) is 39.1. The predicted octanol–water partition coefficient (Wildman–Crippen LogP) is 8.24. The molecule has 4 aromatic rings.